The van der Waals surface area contributed by atoms with Gasteiger partial charge in [0.25, 0.3) is 5.91 Å². The van der Waals surface area contributed by atoms with Gasteiger partial charge in [0, 0.05) is 7.11 Å². The van der Waals surface area contributed by atoms with Crippen molar-refractivity contribution in [2.24, 2.45) is 11.8 Å². The molecule has 0 radical (unpaired) electrons. The number of hydrogen-bond donors (Lipinski definition) is 2. The Morgan fingerprint density at radius 3 is 2.59 bits per heavy atom. The Bertz CT molecular complexity index is 407. The van der Waals surface area contributed by atoms with Crippen LogP contribution >= 0.6 is 0 Å². The first kappa shape index (κ1) is 17.2. The fraction of sp³-hybridized carbons (Fsp3) is 0.875. The van der Waals surface area contributed by atoms with Gasteiger partial charge in [0.2, 0.25) is 0 Å². The number of imide groups is 1. The second-order valence-electron chi connectivity index (χ2n) is 6.81. The quantitative estimate of drug-likeness (QED) is 0.697. The maximum atomic E-state index is 13.0. The number of methoxy groups -OCH3 is 1. The van der Waals surface area contributed by atoms with E-state index in [1.54, 1.807) is 7.11 Å². The normalized spacial score (nSPS) is 26.8. The lowest BCUT2D eigenvalue weighted by Crippen LogP contribution is -2.56. The molecule has 2 rings (SSSR count). The molecule has 1 atom stereocenters. The van der Waals surface area contributed by atoms with Gasteiger partial charge in [-0.3, -0.25) is 9.69 Å². The van der Waals surface area contributed by atoms with Gasteiger partial charge in [-0.15, -0.1) is 0 Å². The summed E-state index contributed by atoms with van der Waals surface area (Å²) in [6, 6.07) is -0.260. The minimum Gasteiger partial charge on any atom is -0.383 e. The van der Waals surface area contributed by atoms with E-state index in [9.17, 15) is 9.59 Å². The lowest BCUT2D eigenvalue weighted by atomic mass is 9.74. The van der Waals surface area contributed by atoms with Crippen molar-refractivity contribution in [3.8, 4) is 0 Å². The summed E-state index contributed by atoms with van der Waals surface area (Å²) in [6.07, 6.45) is 3.53. The fourth-order valence-corrected chi connectivity index (χ4v) is 3.51. The Balaban J connectivity index is 2.20. The molecule has 2 saturated heterocycles. The Labute approximate surface area is 132 Å². The Morgan fingerprint density at radius 2 is 2.00 bits per heavy atom. The van der Waals surface area contributed by atoms with E-state index < -0.39 is 5.54 Å². The molecule has 0 spiro atoms. The zero-order valence-corrected chi connectivity index (χ0v) is 14.0. The van der Waals surface area contributed by atoms with Crippen LogP contribution in [-0.4, -0.2) is 55.7 Å². The number of carbonyl (C=O) groups excluding carboxylic acids is 2. The third-order valence-electron chi connectivity index (χ3n) is 4.87. The largest absolute Gasteiger partial charge is 0.383 e. The zero-order chi connectivity index (χ0) is 16.2. The summed E-state index contributed by atoms with van der Waals surface area (Å²) in [5.74, 6) is 0.676. The van der Waals surface area contributed by atoms with Gasteiger partial charge in [-0.1, -0.05) is 13.8 Å². The topological polar surface area (TPSA) is 70.7 Å². The number of nitrogens with zero attached hydrogens (tertiary/aromatic N) is 1. The van der Waals surface area contributed by atoms with E-state index in [4.69, 9.17) is 4.74 Å². The molecule has 0 saturated carbocycles. The van der Waals surface area contributed by atoms with Crippen molar-refractivity contribution < 1.29 is 14.3 Å². The molecule has 0 aromatic heterocycles. The number of hydrogen-bond acceptors (Lipinski definition) is 4. The monoisotopic (exact) mass is 311 g/mol. The molecule has 126 valence electrons. The van der Waals surface area contributed by atoms with Gasteiger partial charge in [0.15, 0.2) is 0 Å². The summed E-state index contributed by atoms with van der Waals surface area (Å²) in [6.45, 7) is 6.84. The average Bonchev–Trinajstić information content (AvgIpc) is 2.76. The first-order valence-electron chi connectivity index (χ1n) is 8.35. The predicted molar refractivity (Wildman–Crippen MR) is 84.5 cm³/mol. The summed E-state index contributed by atoms with van der Waals surface area (Å²) in [5.41, 5.74) is -0.711. The van der Waals surface area contributed by atoms with Crippen molar-refractivity contribution in [2.45, 2.75) is 45.1 Å². The van der Waals surface area contributed by atoms with Gasteiger partial charge < -0.3 is 15.4 Å². The van der Waals surface area contributed by atoms with Gasteiger partial charge in [-0.05, 0) is 50.6 Å². The van der Waals surface area contributed by atoms with Crippen LogP contribution in [0.2, 0.25) is 0 Å². The van der Waals surface area contributed by atoms with Crippen LogP contribution in [0.5, 0.6) is 0 Å². The van der Waals surface area contributed by atoms with E-state index in [-0.39, 0.29) is 17.9 Å². The van der Waals surface area contributed by atoms with Crippen LogP contribution in [0.15, 0.2) is 0 Å². The summed E-state index contributed by atoms with van der Waals surface area (Å²) in [7, 11) is 1.58. The van der Waals surface area contributed by atoms with Gasteiger partial charge in [0.05, 0.1) is 13.2 Å². The van der Waals surface area contributed by atoms with Crippen molar-refractivity contribution in [3.63, 3.8) is 0 Å². The molecular formula is C16H29N3O3. The highest BCUT2D eigenvalue weighted by atomic mass is 16.5. The van der Waals surface area contributed by atoms with Crippen molar-refractivity contribution in [1.29, 1.82) is 0 Å². The SMILES string of the molecule is COCCN1C(=O)N[C@](CCC(C)C)(C2CCNCC2)C1=O. The molecule has 0 aromatic rings. The van der Waals surface area contributed by atoms with Gasteiger partial charge in [-0.2, -0.15) is 0 Å². The molecule has 6 heteroatoms. The van der Waals surface area contributed by atoms with Gasteiger partial charge in [-0.25, -0.2) is 4.79 Å². The first-order chi connectivity index (χ1) is 10.5. The molecule has 22 heavy (non-hydrogen) atoms. The Hall–Kier alpha value is -1.14. The maximum absolute atomic E-state index is 13.0. The van der Waals surface area contributed by atoms with Gasteiger partial charge in [0.1, 0.15) is 5.54 Å². The molecule has 6 nitrogen and oxygen atoms in total. The zero-order valence-electron chi connectivity index (χ0n) is 14.0. The van der Waals surface area contributed by atoms with E-state index in [1.165, 1.54) is 4.90 Å². The van der Waals surface area contributed by atoms with Crippen LogP contribution in [-0.2, 0) is 9.53 Å². The van der Waals surface area contributed by atoms with Crippen molar-refractivity contribution >= 4 is 11.9 Å². The molecule has 3 amide bonds. The van der Waals surface area contributed by atoms with Crippen molar-refractivity contribution in [3.05, 3.63) is 0 Å². The summed E-state index contributed by atoms with van der Waals surface area (Å²) in [4.78, 5) is 26.7. The average molecular weight is 311 g/mol. The summed E-state index contributed by atoms with van der Waals surface area (Å²) >= 11 is 0. The predicted octanol–water partition coefficient (Wildman–Crippen LogP) is 1.36. The van der Waals surface area contributed by atoms with Crippen LogP contribution in [0.1, 0.15) is 39.5 Å². The van der Waals surface area contributed by atoms with E-state index in [0.29, 0.717) is 19.1 Å². The minimum absolute atomic E-state index is 0.0536. The van der Waals surface area contributed by atoms with Crippen molar-refractivity contribution in [2.75, 3.05) is 33.4 Å². The van der Waals surface area contributed by atoms with E-state index in [2.05, 4.69) is 24.5 Å². The summed E-state index contributed by atoms with van der Waals surface area (Å²) < 4.78 is 5.03. The Morgan fingerprint density at radius 1 is 1.32 bits per heavy atom. The third-order valence-corrected chi connectivity index (χ3v) is 4.87. The molecule has 2 heterocycles. The Kier molecular flexibility index (Phi) is 5.81. The smallest absolute Gasteiger partial charge is 0.325 e. The lowest BCUT2D eigenvalue weighted by Gasteiger charge is -2.38. The molecule has 2 N–H and O–H groups in total. The van der Waals surface area contributed by atoms with E-state index in [0.717, 1.165) is 38.8 Å². The third kappa shape index (κ3) is 3.43. The highest BCUT2D eigenvalue weighted by Crippen LogP contribution is 2.36. The van der Waals surface area contributed by atoms with Crippen LogP contribution in [0, 0.1) is 11.8 Å². The number of nitrogens with one attached hydrogen (secondary N) is 2. The number of urea groups is 1. The molecule has 0 aliphatic carbocycles. The second-order valence-corrected chi connectivity index (χ2v) is 6.81. The highest BCUT2D eigenvalue weighted by Gasteiger charge is 2.54. The molecule has 0 bridgehead atoms. The molecule has 2 aliphatic heterocycles. The van der Waals surface area contributed by atoms with Crippen LogP contribution in [0.4, 0.5) is 4.79 Å². The standard InChI is InChI=1S/C16H29N3O3/c1-12(2)4-7-16(13-5-8-17-9-6-13)14(20)19(10-11-22-3)15(21)18-16/h12-13,17H,4-11H2,1-3H3,(H,18,21)/t16-/m1/s1. The van der Waals surface area contributed by atoms with Crippen molar-refractivity contribution in [1.82, 2.24) is 15.5 Å². The fourth-order valence-electron chi connectivity index (χ4n) is 3.51. The number of ether oxygens (including phenoxy) is 1. The van der Waals surface area contributed by atoms with Crippen LogP contribution in [0.25, 0.3) is 0 Å². The second kappa shape index (κ2) is 7.42. The number of piperidine rings is 1. The van der Waals surface area contributed by atoms with Crippen LogP contribution in [0.3, 0.4) is 0 Å². The van der Waals surface area contributed by atoms with Crippen LogP contribution < -0.4 is 10.6 Å². The minimum atomic E-state index is -0.711. The number of carbonyl (C=O) groups is 2. The molecule has 0 aromatic carbocycles. The molecule has 2 fully saturated rings. The summed E-state index contributed by atoms with van der Waals surface area (Å²) in [5, 5.41) is 6.39. The molecule has 0 unspecified atom stereocenters. The van der Waals surface area contributed by atoms with Gasteiger partial charge >= 0.3 is 6.03 Å². The van der Waals surface area contributed by atoms with E-state index in [1.807, 2.05) is 0 Å². The number of amides is 3. The highest BCUT2D eigenvalue weighted by molar-refractivity contribution is 6.07. The lowest BCUT2D eigenvalue weighted by molar-refractivity contribution is -0.134. The molecular weight excluding hydrogens is 282 g/mol. The van der Waals surface area contributed by atoms with E-state index >= 15 is 0 Å². The number of rotatable bonds is 7. The molecule has 2 aliphatic rings. The maximum Gasteiger partial charge on any atom is 0.325 e. The first-order valence-corrected chi connectivity index (χ1v) is 8.35.